The summed E-state index contributed by atoms with van der Waals surface area (Å²) >= 11 is 0. The lowest BCUT2D eigenvalue weighted by molar-refractivity contribution is -0.125. The number of nitrogens with one attached hydrogen (secondary N) is 2. The normalized spacial score (nSPS) is 15.4. The van der Waals surface area contributed by atoms with Crippen LogP contribution < -0.4 is 10.6 Å². The molecule has 0 aromatic rings. The van der Waals surface area contributed by atoms with E-state index in [0.717, 1.165) is 0 Å². The van der Waals surface area contributed by atoms with Crippen molar-refractivity contribution >= 4 is 17.9 Å². The second kappa shape index (κ2) is 8.61. The summed E-state index contributed by atoms with van der Waals surface area (Å²) < 4.78 is 4.63. The summed E-state index contributed by atoms with van der Waals surface area (Å²) in [7, 11) is 0. The number of nitrogens with zero attached hydrogens (tertiary/aromatic N) is 1. The monoisotopic (exact) mass is 299 g/mol. The lowest BCUT2D eigenvalue weighted by atomic mass is 10.2. The molecule has 1 atom stereocenters. The molecule has 7 heteroatoms. The highest BCUT2D eigenvalue weighted by Gasteiger charge is 2.29. The fourth-order valence-electron chi connectivity index (χ4n) is 2.02. The predicted octanol–water partition coefficient (Wildman–Crippen LogP) is 0.496. The van der Waals surface area contributed by atoms with Crippen LogP contribution in [0.3, 0.4) is 0 Å². The molecule has 0 unspecified atom stereocenters. The van der Waals surface area contributed by atoms with Gasteiger partial charge >= 0.3 is 6.09 Å². The van der Waals surface area contributed by atoms with Crippen LogP contribution in [-0.4, -0.2) is 55.1 Å². The van der Waals surface area contributed by atoms with Gasteiger partial charge < -0.3 is 10.1 Å². The Balaban J connectivity index is 2.30. The van der Waals surface area contributed by atoms with E-state index >= 15 is 0 Å². The van der Waals surface area contributed by atoms with Crippen molar-refractivity contribution in [1.82, 2.24) is 15.5 Å². The van der Waals surface area contributed by atoms with Crippen LogP contribution in [0, 0.1) is 5.92 Å². The number of rotatable bonds is 8. The number of alkyl carbamates (subject to hydrolysis) is 1. The molecule has 7 nitrogen and oxygen atoms in total. The molecular weight excluding hydrogens is 274 g/mol. The smallest absolute Gasteiger partial charge is 0.413 e. The summed E-state index contributed by atoms with van der Waals surface area (Å²) in [5.41, 5.74) is 0. The molecule has 120 valence electrons. The molecule has 0 heterocycles. The topological polar surface area (TPSA) is 87.7 Å². The van der Waals surface area contributed by atoms with Crippen LogP contribution in [0.25, 0.3) is 0 Å². The van der Waals surface area contributed by atoms with Gasteiger partial charge in [0.1, 0.15) is 0 Å². The van der Waals surface area contributed by atoms with E-state index in [-0.39, 0.29) is 31.6 Å². The minimum atomic E-state index is -0.759. The number of likely N-dealkylation sites (N-methyl/N-ethyl adjacent to an activating group) is 1. The highest BCUT2D eigenvalue weighted by Crippen LogP contribution is 2.32. The number of hydrogen-bond donors (Lipinski definition) is 2. The van der Waals surface area contributed by atoms with Gasteiger partial charge in [0.05, 0.1) is 19.7 Å². The summed E-state index contributed by atoms with van der Waals surface area (Å²) in [5, 5.41) is 5.05. The Hall–Kier alpha value is -1.63. The first-order chi connectivity index (χ1) is 9.96. The van der Waals surface area contributed by atoms with Gasteiger partial charge in [0.15, 0.2) is 0 Å². The van der Waals surface area contributed by atoms with E-state index in [1.807, 2.05) is 13.8 Å². The number of ether oxygens (including phenoxy) is 1. The van der Waals surface area contributed by atoms with Crippen LogP contribution >= 0.6 is 0 Å². The zero-order chi connectivity index (χ0) is 15.8. The molecule has 1 aliphatic carbocycles. The third kappa shape index (κ3) is 7.08. The Kier molecular flexibility index (Phi) is 7.14. The number of carbonyl (C=O) groups is 3. The third-order valence-electron chi connectivity index (χ3n) is 3.42. The zero-order valence-electron chi connectivity index (χ0n) is 13.0. The molecule has 0 spiro atoms. The Bertz CT molecular complexity index is 382. The van der Waals surface area contributed by atoms with Crippen LogP contribution in [0.5, 0.6) is 0 Å². The van der Waals surface area contributed by atoms with Gasteiger partial charge in [-0.25, -0.2) is 4.79 Å². The van der Waals surface area contributed by atoms with Gasteiger partial charge in [-0.3, -0.25) is 19.8 Å². The van der Waals surface area contributed by atoms with Crippen molar-refractivity contribution < 1.29 is 19.1 Å². The Labute approximate surface area is 125 Å². The Morgan fingerprint density at radius 3 is 2.33 bits per heavy atom. The van der Waals surface area contributed by atoms with Gasteiger partial charge in [-0.1, -0.05) is 6.92 Å². The van der Waals surface area contributed by atoms with Crippen molar-refractivity contribution in [2.24, 2.45) is 5.92 Å². The fraction of sp³-hybridized carbons (Fsp3) is 0.786. The molecule has 0 aliphatic heterocycles. The largest absolute Gasteiger partial charge is 0.450 e. The number of carbonyl (C=O) groups excluding carboxylic acids is 3. The van der Waals surface area contributed by atoms with E-state index in [0.29, 0.717) is 12.5 Å². The number of amides is 3. The second-order valence-corrected chi connectivity index (χ2v) is 5.27. The van der Waals surface area contributed by atoms with Crippen LogP contribution in [0.15, 0.2) is 0 Å². The molecule has 0 saturated heterocycles. The first-order valence-corrected chi connectivity index (χ1v) is 7.44. The van der Waals surface area contributed by atoms with E-state index in [1.165, 1.54) is 12.8 Å². The lowest BCUT2D eigenvalue weighted by Crippen LogP contribution is -2.46. The van der Waals surface area contributed by atoms with Crippen molar-refractivity contribution in [3.63, 3.8) is 0 Å². The summed E-state index contributed by atoms with van der Waals surface area (Å²) in [6, 6.07) is 0.185. The summed E-state index contributed by atoms with van der Waals surface area (Å²) in [6.45, 7) is 6.40. The molecule has 1 saturated carbocycles. The molecule has 1 fully saturated rings. The van der Waals surface area contributed by atoms with Crippen molar-refractivity contribution in [2.75, 3.05) is 26.2 Å². The van der Waals surface area contributed by atoms with E-state index in [9.17, 15) is 14.4 Å². The standard InChI is InChI=1S/C14H25N3O4/c1-4-17(9-13(19)16-14(20)21-5-2)8-12(18)15-10(3)11-6-7-11/h10-11H,4-9H2,1-3H3,(H,15,18)(H,16,19,20)/t10-/m0/s1. The van der Waals surface area contributed by atoms with Gasteiger partial charge in [-0.15, -0.1) is 0 Å². The zero-order valence-corrected chi connectivity index (χ0v) is 13.0. The molecule has 1 rings (SSSR count). The Morgan fingerprint density at radius 1 is 1.19 bits per heavy atom. The van der Waals surface area contributed by atoms with Gasteiger partial charge in [-0.2, -0.15) is 0 Å². The molecule has 0 radical (unpaired) electrons. The average molecular weight is 299 g/mol. The fourth-order valence-corrected chi connectivity index (χ4v) is 2.02. The minimum Gasteiger partial charge on any atom is -0.450 e. The SMILES string of the molecule is CCOC(=O)NC(=O)CN(CC)CC(=O)N[C@@H](C)C1CC1. The number of hydrogen-bond acceptors (Lipinski definition) is 5. The average Bonchev–Trinajstić information content (AvgIpc) is 3.21. The molecule has 21 heavy (non-hydrogen) atoms. The predicted molar refractivity (Wildman–Crippen MR) is 77.6 cm³/mol. The summed E-state index contributed by atoms with van der Waals surface area (Å²) in [6.07, 6.45) is 1.58. The van der Waals surface area contributed by atoms with Crippen LogP contribution in [0.1, 0.15) is 33.6 Å². The van der Waals surface area contributed by atoms with Crippen LogP contribution in [0.4, 0.5) is 4.79 Å². The molecule has 1 aliphatic rings. The molecule has 0 bridgehead atoms. The van der Waals surface area contributed by atoms with E-state index in [4.69, 9.17) is 0 Å². The maximum absolute atomic E-state index is 11.9. The molecule has 0 aromatic heterocycles. The first kappa shape index (κ1) is 17.4. The molecule has 3 amide bonds. The molecular formula is C14H25N3O4. The quantitative estimate of drug-likeness (QED) is 0.681. The highest BCUT2D eigenvalue weighted by atomic mass is 16.5. The van der Waals surface area contributed by atoms with E-state index in [2.05, 4.69) is 15.4 Å². The van der Waals surface area contributed by atoms with Crippen LogP contribution in [-0.2, 0) is 14.3 Å². The molecule has 0 aromatic carbocycles. The summed E-state index contributed by atoms with van der Waals surface area (Å²) in [4.78, 5) is 36.3. The van der Waals surface area contributed by atoms with Gasteiger partial charge in [0.25, 0.3) is 0 Å². The summed E-state index contributed by atoms with van der Waals surface area (Å²) in [5.74, 6) is 0.0228. The first-order valence-electron chi connectivity index (χ1n) is 7.44. The third-order valence-corrected chi connectivity index (χ3v) is 3.42. The van der Waals surface area contributed by atoms with Gasteiger partial charge in [0.2, 0.25) is 11.8 Å². The lowest BCUT2D eigenvalue weighted by Gasteiger charge is -2.20. The van der Waals surface area contributed by atoms with E-state index in [1.54, 1.807) is 11.8 Å². The van der Waals surface area contributed by atoms with Crippen molar-refractivity contribution in [2.45, 2.75) is 39.7 Å². The van der Waals surface area contributed by atoms with E-state index < -0.39 is 12.0 Å². The highest BCUT2D eigenvalue weighted by molar-refractivity contribution is 5.93. The molecule has 2 N–H and O–H groups in total. The van der Waals surface area contributed by atoms with Gasteiger partial charge in [-0.05, 0) is 39.2 Å². The Morgan fingerprint density at radius 2 is 1.81 bits per heavy atom. The van der Waals surface area contributed by atoms with Gasteiger partial charge in [0, 0.05) is 6.04 Å². The van der Waals surface area contributed by atoms with Crippen molar-refractivity contribution in [3.8, 4) is 0 Å². The second-order valence-electron chi connectivity index (χ2n) is 5.27. The van der Waals surface area contributed by atoms with Crippen molar-refractivity contribution in [3.05, 3.63) is 0 Å². The van der Waals surface area contributed by atoms with Crippen LogP contribution in [0.2, 0.25) is 0 Å². The maximum atomic E-state index is 11.9. The minimum absolute atomic E-state index is 0.0133. The van der Waals surface area contributed by atoms with Crippen molar-refractivity contribution in [1.29, 1.82) is 0 Å². The maximum Gasteiger partial charge on any atom is 0.413 e. The number of imide groups is 1.